The third-order valence-electron chi connectivity index (χ3n) is 4.30. The second-order valence-corrected chi connectivity index (χ2v) is 5.60. The van der Waals surface area contributed by atoms with Crippen LogP contribution in [0.4, 0.5) is 14.5 Å². The second kappa shape index (κ2) is 6.87. The molecule has 21 heavy (non-hydrogen) atoms. The number of carbonyl (C=O) groups excluding carboxylic acids is 1. The molecule has 0 spiro atoms. The predicted octanol–water partition coefficient (Wildman–Crippen LogP) is 3.71. The number of halogens is 2. The summed E-state index contributed by atoms with van der Waals surface area (Å²) >= 11 is 0. The Morgan fingerprint density at radius 1 is 1.24 bits per heavy atom. The van der Waals surface area contributed by atoms with E-state index in [9.17, 15) is 13.6 Å². The van der Waals surface area contributed by atoms with Gasteiger partial charge in [-0.15, -0.1) is 0 Å². The Balaban J connectivity index is 2.13. The zero-order valence-electron chi connectivity index (χ0n) is 12.5. The average Bonchev–Trinajstić information content (AvgIpc) is 2.47. The van der Waals surface area contributed by atoms with E-state index in [1.54, 1.807) is 0 Å². The van der Waals surface area contributed by atoms with E-state index in [0.717, 1.165) is 37.8 Å². The van der Waals surface area contributed by atoms with Crippen LogP contribution in [0.1, 0.15) is 49.4 Å². The Kier molecular flexibility index (Phi) is 5.15. The molecule has 1 aliphatic rings. The molecular weight excluding hydrogens is 274 g/mol. The Labute approximate surface area is 124 Å². The zero-order chi connectivity index (χ0) is 15.4. The first-order valence-corrected chi connectivity index (χ1v) is 7.54. The third-order valence-corrected chi connectivity index (χ3v) is 4.30. The maximum atomic E-state index is 13.7. The van der Waals surface area contributed by atoms with Gasteiger partial charge in [-0.25, -0.2) is 8.78 Å². The van der Waals surface area contributed by atoms with Crippen molar-refractivity contribution >= 4 is 11.6 Å². The summed E-state index contributed by atoms with van der Waals surface area (Å²) in [5.41, 5.74) is -0.180. The fourth-order valence-corrected chi connectivity index (χ4v) is 3.08. The highest BCUT2D eigenvalue weighted by molar-refractivity contribution is 5.94. The van der Waals surface area contributed by atoms with Crippen molar-refractivity contribution in [2.45, 2.75) is 45.1 Å². The lowest BCUT2D eigenvalue weighted by Crippen LogP contribution is -2.42. The highest BCUT2D eigenvalue weighted by Crippen LogP contribution is 2.27. The number of hydrogen-bond acceptors (Lipinski definition) is 2. The van der Waals surface area contributed by atoms with Crippen molar-refractivity contribution < 1.29 is 13.6 Å². The molecule has 3 nitrogen and oxygen atoms in total. The van der Waals surface area contributed by atoms with Crippen LogP contribution in [0.5, 0.6) is 0 Å². The minimum atomic E-state index is -0.752. The van der Waals surface area contributed by atoms with Gasteiger partial charge in [-0.1, -0.05) is 26.2 Å². The lowest BCUT2D eigenvalue weighted by molar-refractivity contribution is 0.0904. The van der Waals surface area contributed by atoms with Gasteiger partial charge in [0.15, 0.2) is 0 Å². The molecule has 0 heterocycles. The van der Waals surface area contributed by atoms with Crippen molar-refractivity contribution in [3.8, 4) is 0 Å². The molecule has 2 N–H and O–H groups in total. The van der Waals surface area contributed by atoms with Gasteiger partial charge >= 0.3 is 0 Å². The quantitative estimate of drug-likeness (QED) is 0.889. The zero-order valence-corrected chi connectivity index (χ0v) is 12.5. The molecule has 1 amide bonds. The first-order valence-electron chi connectivity index (χ1n) is 7.54. The summed E-state index contributed by atoms with van der Waals surface area (Å²) < 4.78 is 27.4. The summed E-state index contributed by atoms with van der Waals surface area (Å²) in [6.07, 6.45) is 5.31. The van der Waals surface area contributed by atoms with Crippen molar-refractivity contribution in [3.63, 3.8) is 0 Å². The molecule has 1 fully saturated rings. The molecule has 1 aromatic rings. The van der Waals surface area contributed by atoms with Gasteiger partial charge < -0.3 is 10.6 Å². The van der Waals surface area contributed by atoms with Crippen molar-refractivity contribution in [3.05, 3.63) is 29.3 Å². The van der Waals surface area contributed by atoms with Crippen LogP contribution in [0, 0.1) is 17.6 Å². The highest BCUT2D eigenvalue weighted by Gasteiger charge is 2.26. The van der Waals surface area contributed by atoms with Gasteiger partial charge in [0, 0.05) is 18.7 Å². The normalized spacial score (nSPS) is 21.9. The van der Waals surface area contributed by atoms with Crippen LogP contribution < -0.4 is 10.6 Å². The van der Waals surface area contributed by atoms with Crippen molar-refractivity contribution in [1.82, 2.24) is 5.32 Å². The van der Waals surface area contributed by atoms with Gasteiger partial charge in [0.25, 0.3) is 5.91 Å². The number of anilines is 1. The van der Waals surface area contributed by atoms with E-state index in [0.29, 0.717) is 5.92 Å². The van der Waals surface area contributed by atoms with Gasteiger partial charge in [0.1, 0.15) is 17.3 Å². The van der Waals surface area contributed by atoms with Gasteiger partial charge in [-0.05, 0) is 30.9 Å². The summed E-state index contributed by atoms with van der Waals surface area (Å²) in [4.78, 5) is 12.2. The molecule has 2 unspecified atom stereocenters. The largest absolute Gasteiger partial charge is 0.383 e. The van der Waals surface area contributed by atoms with Crippen molar-refractivity contribution in [1.29, 1.82) is 0 Å². The summed E-state index contributed by atoms with van der Waals surface area (Å²) in [6, 6.07) is 2.26. The number of amides is 1. The summed E-state index contributed by atoms with van der Waals surface area (Å²) in [5, 5.41) is 5.38. The third kappa shape index (κ3) is 3.52. The van der Waals surface area contributed by atoms with Crippen LogP contribution in [0.15, 0.2) is 12.1 Å². The summed E-state index contributed by atoms with van der Waals surface area (Å²) in [5.74, 6) is -1.45. The smallest absolute Gasteiger partial charge is 0.251 e. The molecule has 1 saturated carbocycles. The summed E-state index contributed by atoms with van der Waals surface area (Å²) in [6.45, 7) is 2.11. The first-order chi connectivity index (χ1) is 10.1. The molecule has 0 radical (unpaired) electrons. The Bertz CT molecular complexity index is 496. The monoisotopic (exact) mass is 296 g/mol. The Morgan fingerprint density at radius 3 is 2.43 bits per heavy atom. The average molecular weight is 296 g/mol. The molecule has 2 rings (SSSR count). The van der Waals surface area contributed by atoms with E-state index in [2.05, 4.69) is 17.6 Å². The molecule has 2 atom stereocenters. The maximum Gasteiger partial charge on any atom is 0.251 e. The molecule has 0 aliphatic heterocycles. The van der Waals surface area contributed by atoms with Gasteiger partial charge in [0.05, 0.1) is 0 Å². The van der Waals surface area contributed by atoms with E-state index < -0.39 is 17.5 Å². The Hall–Kier alpha value is -1.65. The van der Waals surface area contributed by atoms with E-state index in [4.69, 9.17) is 0 Å². The SMILES string of the molecule is CCC1CCCCC1NC(=O)c1cc(F)c(NC)c(F)c1. The van der Waals surface area contributed by atoms with Crippen LogP contribution in [0.3, 0.4) is 0 Å². The van der Waals surface area contributed by atoms with Crippen LogP contribution in [-0.4, -0.2) is 19.0 Å². The van der Waals surface area contributed by atoms with E-state index in [1.165, 1.54) is 13.5 Å². The summed E-state index contributed by atoms with van der Waals surface area (Å²) in [7, 11) is 1.44. The van der Waals surface area contributed by atoms with Gasteiger partial charge in [-0.2, -0.15) is 0 Å². The van der Waals surface area contributed by atoms with Crippen LogP contribution in [0.2, 0.25) is 0 Å². The molecule has 0 saturated heterocycles. The lowest BCUT2D eigenvalue weighted by Gasteiger charge is -2.31. The van der Waals surface area contributed by atoms with Gasteiger partial charge in [-0.3, -0.25) is 4.79 Å². The van der Waals surface area contributed by atoms with E-state index in [1.807, 2.05) is 0 Å². The Morgan fingerprint density at radius 2 is 1.86 bits per heavy atom. The molecular formula is C16H22F2N2O. The topological polar surface area (TPSA) is 41.1 Å². The maximum absolute atomic E-state index is 13.7. The van der Waals surface area contributed by atoms with Crippen molar-refractivity contribution in [2.24, 2.45) is 5.92 Å². The molecule has 5 heteroatoms. The van der Waals surface area contributed by atoms with Crippen LogP contribution in [0.25, 0.3) is 0 Å². The minimum absolute atomic E-state index is 0.0319. The van der Waals surface area contributed by atoms with Crippen LogP contribution >= 0.6 is 0 Å². The number of carbonyl (C=O) groups is 1. The number of hydrogen-bond donors (Lipinski definition) is 2. The van der Waals surface area contributed by atoms with E-state index >= 15 is 0 Å². The fourth-order valence-electron chi connectivity index (χ4n) is 3.08. The fraction of sp³-hybridized carbons (Fsp3) is 0.562. The predicted molar refractivity (Wildman–Crippen MR) is 79.4 cm³/mol. The minimum Gasteiger partial charge on any atom is -0.383 e. The van der Waals surface area contributed by atoms with E-state index in [-0.39, 0.29) is 17.3 Å². The first kappa shape index (κ1) is 15.7. The van der Waals surface area contributed by atoms with Gasteiger partial charge in [0.2, 0.25) is 0 Å². The highest BCUT2D eigenvalue weighted by atomic mass is 19.1. The number of nitrogens with one attached hydrogen (secondary N) is 2. The molecule has 0 aromatic heterocycles. The molecule has 0 bridgehead atoms. The second-order valence-electron chi connectivity index (χ2n) is 5.60. The van der Waals surface area contributed by atoms with Crippen molar-refractivity contribution in [2.75, 3.05) is 12.4 Å². The number of benzene rings is 1. The molecule has 1 aliphatic carbocycles. The lowest BCUT2D eigenvalue weighted by atomic mass is 9.83. The van der Waals surface area contributed by atoms with Crippen LogP contribution in [-0.2, 0) is 0 Å². The standard InChI is InChI=1S/C16H22F2N2O/c1-3-10-6-4-5-7-14(10)20-16(21)11-8-12(17)15(19-2)13(18)9-11/h8-10,14,19H,3-7H2,1-2H3,(H,20,21). The molecule has 116 valence electrons. The number of rotatable bonds is 4. The molecule has 1 aromatic carbocycles.